The van der Waals surface area contributed by atoms with Crippen LogP contribution in [0.3, 0.4) is 0 Å². The van der Waals surface area contributed by atoms with E-state index in [0.717, 1.165) is 17.5 Å². The first kappa shape index (κ1) is 19.8. The minimum absolute atomic E-state index is 0.0536. The van der Waals surface area contributed by atoms with Crippen LogP contribution in [0.4, 0.5) is 5.69 Å². The summed E-state index contributed by atoms with van der Waals surface area (Å²) in [6, 6.07) is 9.55. The Bertz CT molecular complexity index is 1060. The molecule has 1 aliphatic rings. The van der Waals surface area contributed by atoms with E-state index in [2.05, 4.69) is 15.9 Å². The van der Waals surface area contributed by atoms with Crippen molar-refractivity contribution in [2.24, 2.45) is 0 Å². The quantitative estimate of drug-likeness (QED) is 0.210. The van der Waals surface area contributed by atoms with Gasteiger partial charge in [0.05, 0.1) is 10.5 Å². The molecule has 0 aliphatic carbocycles. The lowest BCUT2D eigenvalue weighted by Crippen LogP contribution is -2.06. The van der Waals surface area contributed by atoms with Gasteiger partial charge in [-0.05, 0) is 30.4 Å². The topological polar surface area (TPSA) is 95.7 Å². The van der Waals surface area contributed by atoms with Gasteiger partial charge in [0.25, 0.3) is 0 Å². The highest BCUT2D eigenvalue weighted by atomic mass is 79.9. The number of carbonyl (C=O) groups is 2. The molecule has 2 aromatic rings. The number of nitrogens with zero attached hydrogens (tertiary/aromatic N) is 1. The number of halogens is 2. The number of benzene rings is 2. The Balaban J connectivity index is 2.09. The Kier molecular flexibility index (Phi) is 5.62. The van der Waals surface area contributed by atoms with Crippen LogP contribution in [0.15, 0.2) is 52.5 Å². The van der Waals surface area contributed by atoms with E-state index >= 15 is 0 Å². The van der Waals surface area contributed by atoms with Gasteiger partial charge in [0.1, 0.15) is 5.76 Å². The average molecular weight is 465 g/mol. The van der Waals surface area contributed by atoms with E-state index in [4.69, 9.17) is 21.1 Å². The van der Waals surface area contributed by atoms with E-state index in [1.165, 1.54) is 18.2 Å². The van der Waals surface area contributed by atoms with E-state index in [-0.39, 0.29) is 21.9 Å². The van der Waals surface area contributed by atoms with Gasteiger partial charge in [-0.25, -0.2) is 4.79 Å². The van der Waals surface area contributed by atoms with Crippen LogP contribution in [0.5, 0.6) is 5.75 Å². The van der Waals surface area contributed by atoms with Crippen molar-refractivity contribution in [1.82, 2.24) is 0 Å². The Morgan fingerprint density at radius 2 is 1.96 bits per heavy atom. The largest absolute Gasteiger partial charge is 0.422 e. The first-order chi connectivity index (χ1) is 13.2. The van der Waals surface area contributed by atoms with Crippen LogP contribution < -0.4 is 4.74 Å². The molecule has 7 nitrogen and oxygen atoms in total. The molecule has 3 rings (SSSR count). The Morgan fingerprint density at radius 1 is 1.29 bits per heavy atom. The number of esters is 2. The van der Waals surface area contributed by atoms with Gasteiger partial charge >= 0.3 is 17.6 Å². The van der Waals surface area contributed by atoms with E-state index in [9.17, 15) is 19.7 Å². The van der Waals surface area contributed by atoms with Crippen molar-refractivity contribution in [3.05, 3.63) is 78.8 Å². The Labute approximate surface area is 172 Å². The zero-order valence-electron chi connectivity index (χ0n) is 14.3. The van der Waals surface area contributed by atoms with Crippen molar-refractivity contribution < 1.29 is 24.0 Å². The zero-order valence-corrected chi connectivity index (χ0v) is 16.6. The molecule has 1 heterocycles. The lowest BCUT2D eigenvalue weighted by molar-refractivity contribution is -0.385. The van der Waals surface area contributed by atoms with Gasteiger partial charge in [0.15, 0.2) is 0 Å². The second-order valence-corrected chi connectivity index (χ2v) is 7.05. The second kappa shape index (κ2) is 7.95. The Morgan fingerprint density at radius 3 is 2.57 bits per heavy atom. The van der Waals surface area contributed by atoms with E-state index in [0.29, 0.717) is 11.3 Å². The molecule has 2 aromatic carbocycles. The molecule has 0 amide bonds. The fraction of sp³-hybridized carbons (Fsp3) is 0.0526. The minimum Gasteiger partial charge on any atom is -0.422 e. The number of cyclic esters (lactones) is 1. The molecule has 0 radical (unpaired) electrons. The predicted octanol–water partition coefficient (Wildman–Crippen LogP) is 4.92. The molecule has 142 valence electrons. The van der Waals surface area contributed by atoms with Crippen molar-refractivity contribution in [3.8, 4) is 5.75 Å². The highest BCUT2D eigenvalue weighted by Gasteiger charge is 2.26. The smallest absolute Gasteiger partial charge is 0.343 e. The lowest BCUT2D eigenvalue weighted by Gasteiger charge is -2.07. The average Bonchev–Trinajstić information content (AvgIpc) is 2.97. The molecule has 0 bridgehead atoms. The molecule has 0 spiro atoms. The molecule has 0 saturated carbocycles. The van der Waals surface area contributed by atoms with Crippen molar-refractivity contribution >= 4 is 57.0 Å². The van der Waals surface area contributed by atoms with E-state index in [1.54, 1.807) is 24.3 Å². The third-order valence-electron chi connectivity index (χ3n) is 3.67. The van der Waals surface area contributed by atoms with Gasteiger partial charge in [-0.15, -0.1) is 0 Å². The molecule has 0 saturated heterocycles. The molecular formula is C19H11BrClNO6. The highest BCUT2D eigenvalue weighted by Crippen LogP contribution is 2.37. The predicted molar refractivity (Wildman–Crippen MR) is 106 cm³/mol. The maximum Gasteiger partial charge on any atom is 0.343 e. The monoisotopic (exact) mass is 463 g/mol. The lowest BCUT2D eigenvalue weighted by atomic mass is 10.1. The van der Waals surface area contributed by atoms with Crippen LogP contribution in [-0.2, 0) is 14.3 Å². The summed E-state index contributed by atoms with van der Waals surface area (Å²) in [4.78, 5) is 34.2. The van der Waals surface area contributed by atoms with Crippen molar-refractivity contribution in [2.45, 2.75) is 6.92 Å². The van der Waals surface area contributed by atoms with E-state index in [1.807, 2.05) is 0 Å². The van der Waals surface area contributed by atoms with Crippen molar-refractivity contribution in [1.29, 1.82) is 0 Å². The molecule has 0 fully saturated rings. The van der Waals surface area contributed by atoms with Gasteiger partial charge < -0.3 is 9.47 Å². The number of hydrogen-bond donors (Lipinski definition) is 0. The third kappa shape index (κ3) is 4.29. The number of carbonyl (C=O) groups excluding carboxylic acids is 2. The summed E-state index contributed by atoms with van der Waals surface area (Å²) in [5, 5.41) is 11.4. The van der Waals surface area contributed by atoms with Crippen LogP contribution in [0.2, 0.25) is 5.02 Å². The van der Waals surface area contributed by atoms with Crippen LogP contribution in [0.25, 0.3) is 11.8 Å². The van der Waals surface area contributed by atoms with Crippen LogP contribution in [0, 0.1) is 10.1 Å². The summed E-state index contributed by atoms with van der Waals surface area (Å²) in [6.45, 7) is 1.12. The van der Waals surface area contributed by atoms with Crippen LogP contribution >= 0.6 is 27.5 Å². The molecule has 0 N–H and O–H groups in total. The van der Waals surface area contributed by atoms with Gasteiger partial charge in [0.2, 0.25) is 5.75 Å². The number of rotatable bonds is 4. The number of nitro groups is 1. The number of ether oxygens (including phenoxy) is 2. The summed E-state index contributed by atoms with van der Waals surface area (Å²) in [7, 11) is 0. The molecule has 0 atom stereocenters. The molecule has 0 aromatic heterocycles. The van der Waals surface area contributed by atoms with Gasteiger partial charge in [0, 0.05) is 33.6 Å². The number of nitro benzene ring substituents is 1. The summed E-state index contributed by atoms with van der Waals surface area (Å²) < 4.78 is 11.1. The SMILES string of the molecule is CC(=O)Oc1c(/C=C2/C=C(c3ccc(Br)cc3)OC2=O)cc(Cl)cc1[N+](=O)[O-]. The fourth-order valence-corrected chi connectivity index (χ4v) is 3.00. The van der Waals surface area contributed by atoms with Gasteiger partial charge in [-0.1, -0.05) is 39.7 Å². The highest BCUT2D eigenvalue weighted by molar-refractivity contribution is 9.10. The summed E-state index contributed by atoms with van der Waals surface area (Å²) in [6.07, 6.45) is 2.82. The Hall–Kier alpha value is -2.97. The van der Waals surface area contributed by atoms with Crippen LogP contribution in [0.1, 0.15) is 18.1 Å². The minimum atomic E-state index is -0.745. The number of hydrogen-bond acceptors (Lipinski definition) is 6. The van der Waals surface area contributed by atoms with Gasteiger partial charge in [-0.3, -0.25) is 14.9 Å². The third-order valence-corrected chi connectivity index (χ3v) is 4.42. The molecular weight excluding hydrogens is 454 g/mol. The zero-order chi connectivity index (χ0) is 20.4. The summed E-state index contributed by atoms with van der Waals surface area (Å²) in [5.74, 6) is -1.36. The maximum absolute atomic E-state index is 12.2. The van der Waals surface area contributed by atoms with Crippen molar-refractivity contribution in [2.75, 3.05) is 0 Å². The molecule has 0 unspecified atom stereocenters. The van der Waals surface area contributed by atoms with E-state index < -0.39 is 22.5 Å². The summed E-state index contributed by atoms with van der Waals surface area (Å²) >= 11 is 9.28. The van der Waals surface area contributed by atoms with Gasteiger partial charge in [-0.2, -0.15) is 0 Å². The molecule has 9 heteroatoms. The fourth-order valence-electron chi connectivity index (χ4n) is 2.51. The maximum atomic E-state index is 12.2. The standard InChI is InChI=1S/C19H11BrClNO6/c1-10(23)27-18-12(7-15(21)9-16(18)22(25)26)6-13-8-17(28-19(13)24)11-2-4-14(20)5-3-11/h2-9H,1H3/b13-6-. The summed E-state index contributed by atoms with van der Waals surface area (Å²) in [5.41, 5.74) is 0.424. The first-order valence-corrected chi connectivity index (χ1v) is 8.99. The molecule has 1 aliphatic heterocycles. The van der Waals surface area contributed by atoms with Crippen molar-refractivity contribution in [3.63, 3.8) is 0 Å². The molecule has 28 heavy (non-hydrogen) atoms. The second-order valence-electron chi connectivity index (χ2n) is 5.70. The first-order valence-electron chi connectivity index (χ1n) is 7.82. The normalized spacial score (nSPS) is 14.6. The van der Waals surface area contributed by atoms with Crippen LogP contribution in [-0.4, -0.2) is 16.9 Å².